The third kappa shape index (κ3) is 6.61. The minimum Gasteiger partial charge on any atom is -0.379 e. The van der Waals surface area contributed by atoms with Crippen LogP contribution in [0.3, 0.4) is 0 Å². The molecule has 0 radical (unpaired) electrons. The molecule has 0 bridgehead atoms. The second-order valence-electron chi connectivity index (χ2n) is 7.61. The Morgan fingerprint density at radius 2 is 1.96 bits per heavy atom. The quantitative estimate of drug-likeness (QED) is 0.750. The molecule has 2 rings (SSSR count). The van der Waals surface area contributed by atoms with Crippen LogP contribution in [0.1, 0.15) is 32.3 Å². The van der Waals surface area contributed by atoms with E-state index in [-0.39, 0.29) is 24.3 Å². The second-order valence-corrected chi connectivity index (χ2v) is 7.61. The largest absolute Gasteiger partial charge is 0.433 e. The van der Waals surface area contributed by atoms with E-state index >= 15 is 0 Å². The molecule has 154 valence electrons. The van der Waals surface area contributed by atoms with Gasteiger partial charge >= 0.3 is 6.18 Å². The van der Waals surface area contributed by atoms with Gasteiger partial charge in [-0.25, -0.2) is 4.98 Å². The SMILES string of the molecule is CC(C)(C)CN(NC(=O)CN1CCOCC1)c1cc(C(F)(F)F)nc(C#N)n1. The number of carbonyl (C=O) groups is 1. The Hall–Kier alpha value is -2.45. The molecule has 1 fully saturated rings. The first-order valence-corrected chi connectivity index (χ1v) is 8.71. The van der Waals surface area contributed by atoms with Crippen LogP contribution in [-0.2, 0) is 15.7 Å². The fourth-order valence-electron chi connectivity index (χ4n) is 2.57. The summed E-state index contributed by atoms with van der Waals surface area (Å²) in [5.41, 5.74) is 0.999. The maximum Gasteiger partial charge on any atom is 0.433 e. The van der Waals surface area contributed by atoms with Gasteiger partial charge in [0.1, 0.15) is 6.07 Å². The number of amides is 1. The number of hydrazine groups is 1. The van der Waals surface area contributed by atoms with Gasteiger partial charge in [0.15, 0.2) is 11.5 Å². The van der Waals surface area contributed by atoms with Gasteiger partial charge in [0.2, 0.25) is 5.82 Å². The van der Waals surface area contributed by atoms with E-state index in [4.69, 9.17) is 10.00 Å². The Balaban J connectivity index is 2.27. The van der Waals surface area contributed by atoms with Gasteiger partial charge in [-0.05, 0) is 5.41 Å². The molecule has 0 aliphatic carbocycles. The molecule has 11 heteroatoms. The van der Waals surface area contributed by atoms with Gasteiger partial charge in [0, 0.05) is 25.7 Å². The Bertz CT molecular complexity index is 736. The van der Waals surface area contributed by atoms with Crippen molar-refractivity contribution in [2.75, 3.05) is 44.4 Å². The number of morpholine rings is 1. The van der Waals surface area contributed by atoms with Gasteiger partial charge in [-0.3, -0.25) is 20.1 Å². The summed E-state index contributed by atoms with van der Waals surface area (Å²) in [7, 11) is 0. The van der Waals surface area contributed by atoms with Gasteiger partial charge in [-0.15, -0.1) is 0 Å². The van der Waals surface area contributed by atoms with Crippen molar-refractivity contribution in [1.82, 2.24) is 20.3 Å². The van der Waals surface area contributed by atoms with Crippen LogP contribution in [0.25, 0.3) is 0 Å². The summed E-state index contributed by atoms with van der Waals surface area (Å²) in [5.74, 6) is -1.20. The monoisotopic (exact) mass is 400 g/mol. The molecule has 2 heterocycles. The van der Waals surface area contributed by atoms with E-state index in [1.54, 1.807) is 0 Å². The highest BCUT2D eigenvalue weighted by molar-refractivity contribution is 5.79. The van der Waals surface area contributed by atoms with E-state index in [2.05, 4.69) is 15.4 Å². The number of nitriles is 1. The van der Waals surface area contributed by atoms with Crippen LogP contribution in [0.4, 0.5) is 19.0 Å². The van der Waals surface area contributed by atoms with Crippen LogP contribution in [0, 0.1) is 16.7 Å². The van der Waals surface area contributed by atoms with E-state index in [9.17, 15) is 18.0 Å². The van der Waals surface area contributed by atoms with Gasteiger partial charge in [-0.2, -0.15) is 23.4 Å². The van der Waals surface area contributed by atoms with Crippen LogP contribution < -0.4 is 10.4 Å². The van der Waals surface area contributed by atoms with Gasteiger partial charge in [0.05, 0.1) is 19.8 Å². The van der Waals surface area contributed by atoms with Crippen molar-refractivity contribution in [2.24, 2.45) is 5.41 Å². The average molecular weight is 400 g/mol. The molecule has 1 aromatic heterocycles. The normalized spacial score (nSPS) is 15.8. The van der Waals surface area contributed by atoms with Crippen LogP contribution in [-0.4, -0.2) is 60.2 Å². The summed E-state index contributed by atoms with van der Waals surface area (Å²) in [6.45, 7) is 8.08. The number of anilines is 1. The van der Waals surface area contributed by atoms with Crippen LogP contribution in [0.5, 0.6) is 0 Å². The van der Waals surface area contributed by atoms with Crippen molar-refractivity contribution < 1.29 is 22.7 Å². The number of ether oxygens (including phenoxy) is 1. The first kappa shape index (κ1) is 21.8. The number of aromatic nitrogens is 2. The minimum absolute atomic E-state index is 0.0757. The predicted molar refractivity (Wildman–Crippen MR) is 94.0 cm³/mol. The number of carbonyl (C=O) groups excluding carboxylic acids is 1. The highest BCUT2D eigenvalue weighted by Gasteiger charge is 2.35. The van der Waals surface area contributed by atoms with E-state index in [0.717, 1.165) is 6.07 Å². The molecule has 1 saturated heterocycles. The molecule has 1 aliphatic rings. The molecular weight excluding hydrogens is 377 g/mol. The summed E-state index contributed by atoms with van der Waals surface area (Å²) in [5, 5.41) is 10.2. The summed E-state index contributed by atoms with van der Waals surface area (Å²) < 4.78 is 44.6. The fraction of sp³-hybridized carbons (Fsp3) is 0.647. The van der Waals surface area contributed by atoms with Crippen LogP contribution >= 0.6 is 0 Å². The molecule has 1 aliphatic heterocycles. The fourth-order valence-corrected chi connectivity index (χ4v) is 2.57. The summed E-state index contributed by atoms with van der Waals surface area (Å²) in [4.78, 5) is 21.4. The lowest BCUT2D eigenvalue weighted by molar-refractivity contribution is -0.141. The van der Waals surface area contributed by atoms with Crippen molar-refractivity contribution in [3.05, 3.63) is 17.6 Å². The molecule has 1 amide bonds. The Morgan fingerprint density at radius 1 is 1.32 bits per heavy atom. The van der Waals surface area contributed by atoms with Crippen molar-refractivity contribution in [2.45, 2.75) is 26.9 Å². The Morgan fingerprint density at radius 3 is 2.50 bits per heavy atom. The first-order valence-electron chi connectivity index (χ1n) is 8.71. The molecule has 1 N–H and O–H groups in total. The maximum absolute atomic E-state index is 13.1. The zero-order valence-corrected chi connectivity index (χ0v) is 16.0. The number of nitrogens with zero attached hydrogens (tertiary/aromatic N) is 5. The van der Waals surface area contributed by atoms with Crippen molar-refractivity contribution in [3.63, 3.8) is 0 Å². The van der Waals surface area contributed by atoms with Crippen molar-refractivity contribution >= 4 is 11.7 Å². The molecule has 0 saturated carbocycles. The average Bonchev–Trinajstić information content (AvgIpc) is 2.59. The van der Waals surface area contributed by atoms with E-state index in [1.807, 2.05) is 25.7 Å². The molecule has 0 unspecified atom stereocenters. The second kappa shape index (κ2) is 8.70. The topological polar surface area (TPSA) is 94.4 Å². The number of rotatable bonds is 5. The smallest absolute Gasteiger partial charge is 0.379 e. The third-order valence-electron chi connectivity index (χ3n) is 3.74. The van der Waals surface area contributed by atoms with Gasteiger partial charge in [0.25, 0.3) is 5.91 Å². The summed E-state index contributed by atoms with van der Waals surface area (Å²) in [6.07, 6.45) is -4.74. The highest BCUT2D eigenvalue weighted by Crippen LogP contribution is 2.30. The lowest BCUT2D eigenvalue weighted by Crippen LogP contribution is -2.51. The van der Waals surface area contributed by atoms with Crippen molar-refractivity contribution in [1.29, 1.82) is 5.26 Å². The highest BCUT2D eigenvalue weighted by atomic mass is 19.4. The van der Waals surface area contributed by atoms with Crippen LogP contribution in [0.2, 0.25) is 0 Å². The van der Waals surface area contributed by atoms with E-state index in [1.165, 1.54) is 11.1 Å². The van der Waals surface area contributed by atoms with Gasteiger partial charge in [-0.1, -0.05) is 20.8 Å². The van der Waals surface area contributed by atoms with E-state index in [0.29, 0.717) is 26.3 Å². The lowest BCUT2D eigenvalue weighted by atomic mass is 9.97. The van der Waals surface area contributed by atoms with Gasteiger partial charge < -0.3 is 4.74 Å². The number of halogens is 3. The predicted octanol–water partition coefficient (Wildman–Crippen LogP) is 1.58. The molecule has 0 aromatic carbocycles. The maximum atomic E-state index is 13.1. The van der Waals surface area contributed by atoms with Crippen LogP contribution in [0.15, 0.2) is 6.07 Å². The molecule has 28 heavy (non-hydrogen) atoms. The minimum atomic E-state index is -4.74. The molecule has 0 atom stereocenters. The van der Waals surface area contributed by atoms with Crippen molar-refractivity contribution in [3.8, 4) is 6.07 Å². The lowest BCUT2D eigenvalue weighted by Gasteiger charge is -2.32. The summed E-state index contributed by atoms with van der Waals surface area (Å²) >= 11 is 0. The number of hydrogen-bond acceptors (Lipinski definition) is 7. The molecular formula is C17H23F3N6O2. The molecule has 0 spiro atoms. The Kier molecular flexibility index (Phi) is 6.79. The first-order chi connectivity index (χ1) is 13.0. The summed E-state index contributed by atoms with van der Waals surface area (Å²) in [6, 6.07) is 2.26. The third-order valence-corrected chi connectivity index (χ3v) is 3.74. The number of alkyl halides is 3. The molecule has 1 aromatic rings. The molecule has 8 nitrogen and oxygen atoms in total. The van der Waals surface area contributed by atoms with E-state index < -0.39 is 23.6 Å². The zero-order valence-electron chi connectivity index (χ0n) is 16.0. The zero-order chi connectivity index (χ0) is 20.9. The Labute approximate surface area is 161 Å². The standard InChI is InChI=1S/C17H23F3N6O2/c1-16(2,3)11-26(24-15(27)10-25-4-6-28-7-5-25)14-8-12(17(18,19)20)22-13(9-21)23-14/h8H,4-7,10-11H2,1-3H3,(H,24,27). The number of hydrogen-bond donors (Lipinski definition) is 1. The number of nitrogens with one attached hydrogen (secondary N) is 1.